The number of nitrogens with one attached hydrogen (secondary N) is 2. The number of halogens is 4. The summed E-state index contributed by atoms with van der Waals surface area (Å²) in [5.41, 5.74) is -1.53. The quantitative estimate of drug-likeness (QED) is 0.435. The summed E-state index contributed by atoms with van der Waals surface area (Å²) < 4.78 is 91.3. The Labute approximate surface area is 199 Å². The maximum atomic E-state index is 14.8. The van der Waals surface area contributed by atoms with Gasteiger partial charge in [-0.2, -0.15) is 0 Å². The lowest BCUT2D eigenvalue weighted by Crippen LogP contribution is -2.46. The molecule has 1 heterocycles. The van der Waals surface area contributed by atoms with E-state index >= 15 is 0 Å². The number of rotatable bonds is 6. The summed E-state index contributed by atoms with van der Waals surface area (Å²) >= 11 is 0. The monoisotopic (exact) mass is 509 g/mol. The van der Waals surface area contributed by atoms with Gasteiger partial charge in [0.15, 0.2) is 23.3 Å². The van der Waals surface area contributed by atoms with Crippen LogP contribution in [0, 0.1) is 29.2 Å². The summed E-state index contributed by atoms with van der Waals surface area (Å²) in [5.74, 6) is -5.77. The Bertz CT molecular complexity index is 953. The van der Waals surface area contributed by atoms with E-state index in [2.05, 4.69) is 10.0 Å². The van der Waals surface area contributed by atoms with Crippen LogP contribution in [-0.2, 0) is 14.8 Å². The smallest absolute Gasteiger partial charge is 0.216 e. The molecule has 1 aromatic carbocycles. The van der Waals surface area contributed by atoms with Crippen LogP contribution < -0.4 is 14.9 Å². The zero-order chi connectivity index (χ0) is 25.4. The highest BCUT2D eigenvalue weighted by atomic mass is 32.2. The zero-order valence-corrected chi connectivity index (χ0v) is 21.2. The van der Waals surface area contributed by atoms with Gasteiger partial charge in [-0.1, -0.05) is 0 Å². The minimum atomic E-state index is -3.47. The van der Waals surface area contributed by atoms with Crippen LogP contribution in [0.2, 0.25) is 0 Å². The van der Waals surface area contributed by atoms with E-state index < -0.39 is 49.4 Å². The first-order chi connectivity index (χ1) is 15.7. The molecule has 2 atom stereocenters. The molecule has 1 saturated heterocycles. The second kappa shape index (κ2) is 10.2. The maximum Gasteiger partial charge on any atom is 0.216 e. The van der Waals surface area contributed by atoms with Crippen molar-refractivity contribution >= 4 is 21.4 Å². The highest BCUT2D eigenvalue weighted by molar-refractivity contribution is 7.90. The first-order valence-corrected chi connectivity index (χ1v) is 13.2. The van der Waals surface area contributed by atoms with Gasteiger partial charge >= 0.3 is 0 Å². The second-order valence-corrected chi connectivity index (χ2v) is 12.9. The molecule has 194 valence electrons. The zero-order valence-electron chi connectivity index (χ0n) is 20.4. The topological polar surface area (TPSA) is 70.7 Å². The van der Waals surface area contributed by atoms with Crippen molar-refractivity contribution in [3.63, 3.8) is 0 Å². The van der Waals surface area contributed by atoms with Gasteiger partial charge < -0.3 is 15.0 Å². The van der Waals surface area contributed by atoms with Crippen LogP contribution in [0.15, 0.2) is 0 Å². The molecule has 0 amide bonds. The third-order valence-electron chi connectivity index (χ3n) is 6.52. The van der Waals surface area contributed by atoms with Gasteiger partial charge in [-0.05, 0) is 66.2 Å². The third-order valence-corrected chi connectivity index (χ3v) is 8.77. The molecule has 0 radical (unpaired) electrons. The van der Waals surface area contributed by atoms with Crippen molar-refractivity contribution in [2.45, 2.75) is 83.3 Å². The summed E-state index contributed by atoms with van der Waals surface area (Å²) in [6.45, 7) is 8.68. The molecule has 1 aliphatic carbocycles. The summed E-state index contributed by atoms with van der Waals surface area (Å²) in [6.07, 6.45) is 1.69. The van der Waals surface area contributed by atoms with Gasteiger partial charge in [0, 0.05) is 25.7 Å². The Morgan fingerprint density at radius 3 is 1.88 bits per heavy atom. The number of hydrogen-bond donors (Lipinski definition) is 2. The Kier molecular flexibility index (Phi) is 8.09. The van der Waals surface area contributed by atoms with E-state index in [-0.39, 0.29) is 43.8 Å². The van der Waals surface area contributed by atoms with Crippen molar-refractivity contribution in [1.29, 1.82) is 0 Å². The molecule has 11 heteroatoms. The van der Waals surface area contributed by atoms with Crippen molar-refractivity contribution in [3.05, 3.63) is 23.3 Å². The average Bonchev–Trinajstić information content (AvgIpc) is 2.72. The molecule has 1 saturated carbocycles. The van der Waals surface area contributed by atoms with Gasteiger partial charge in [-0.3, -0.25) is 0 Å². The highest BCUT2D eigenvalue weighted by Crippen LogP contribution is 2.36. The molecule has 2 fully saturated rings. The van der Waals surface area contributed by atoms with Gasteiger partial charge in [0.1, 0.15) is 11.4 Å². The number of ether oxygens (including phenoxy) is 1. The van der Waals surface area contributed by atoms with Crippen molar-refractivity contribution in [3.8, 4) is 0 Å². The molecular weight excluding hydrogens is 474 g/mol. The molecule has 6 nitrogen and oxygen atoms in total. The van der Waals surface area contributed by atoms with E-state index in [4.69, 9.17) is 4.74 Å². The summed E-state index contributed by atoms with van der Waals surface area (Å²) in [7, 11) is -3.47. The van der Waals surface area contributed by atoms with Gasteiger partial charge in [0.05, 0.1) is 17.0 Å². The fourth-order valence-electron chi connectivity index (χ4n) is 4.54. The van der Waals surface area contributed by atoms with Gasteiger partial charge in [0.25, 0.3) is 0 Å². The Balaban J connectivity index is 1.65. The normalized spacial score (nSPS) is 26.6. The van der Waals surface area contributed by atoms with Crippen molar-refractivity contribution in [2.75, 3.05) is 29.9 Å². The Morgan fingerprint density at radius 1 is 0.912 bits per heavy atom. The number of hydrogen-bond acceptors (Lipinski definition) is 5. The van der Waals surface area contributed by atoms with Crippen LogP contribution in [0.1, 0.15) is 60.3 Å². The second-order valence-electron chi connectivity index (χ2n) is 10.5. The lowest BCUT2D eigenvalue weighted by molar-refractivity contribution is -0.00566. The summed E-state index contributed by atoms with van der Waals surface area (Å²) in [4.78, 5) is 1.28. The molecule has 34 heavy (non-hydrogen) atoms. The predicted octanol–water partition coefficient (Wildman–Crippen LogP) is 4.55. The van der Waals surface area contributed by atoms with Crippen molar-refractivity contribution < 1.29 is 30.7 Å². The molecule has 3 rings (SSSR count). The maximum absolute atomic E-state index is 14.8. The third kappa shape index (κ3) is 5.79. The molecule has 1 aromatic rings. The van der Waals surface area contributed by atoms with Crippen LogP contribution >= 0.6 is 0 Å². The largest absolute Gasteiger partial charge is 0.380 e. The SMILES string of the molecule is C[C@@H]1CN(c2c(F)c(F)c(NC[C@H]3CC[C@H](NS(=O)(=O)C(C)(C)C)CC3)c(F)c2F)C[C@H](C)O1. The van der Waals surface area contributed by atoms with Crippen LogP contribution in [-0.4, -0.2) is 51.0 Å². The average molecular weight is 510 g/mol. The van der Waals surface area contributed by atoms with Gasteiger partial charge in [-0.25, -0.2) is 30.7 Å². The lowest BCUT2D eigenvalue weighted by atomic mass is 9.86. The van der Waals surface area contributed by atoms with Gasteiger partial charge in [-0.15, -0.1) is 0 Å². The molecule has 0 unspecified atom stereocenters. The molecule has 1 aliphatic heterocycles. The van der Waals surface area contributed by atoms with E-state index in [1.165, 1.54) is 4.90 Å². The summed E-state index contributed by atoms with van der Waals surface area (Å²) in [6, 6.07) is -0.207. The van der Waals surface area contributed by atoms with Crippen LogP contribution in [0.25, 0.3) is 0 Å². The molecule has 2 aliphatic rings. The van der Waals surface area contributed by atoms with E-state index in [0.717, 1.165) is 0 Å². The van der Waals surface area contributed by atoms with E-state index in [0.29, 0.717) is 25.7 Å². The van der Waals surface area contributed by atoms with Crippen molar-refractivity contribution in [1.82, 2.24) is 4.72 Å². The Morgan fingerprint density at radius 2 is 1.41 bits per heavy atom. The van der Waals surface area contributed by atoms with E-state index in [1.807, 2.05) is 0 Å². The first-order valence-electron chi connectivity index (χ1n) is 11.7. The minimum absolute atomic E-state index is 0.0130. The first kappa shape index (κ1) is 27.0. The van der Waals surface area contributed by atoms with E-state index in [9.17, 15) is 26.0 Å². The number of nitrogens with zero attached hydrogens (tertiary/aromatic N) is 1. The van der Waals surface area contributed by atoms with Gasteiger partial charge in [0.2, 0.25) is 10.0 Å². The molecule has 0 bridgehead atoms. The van der Waals surface area contributed by atoms with Crippen LogP contribution in [0.5, 0.6) is 0 Å². The number of benzene rings is 1. The van der Waals surface area contributed by atoms with E-state index in [1.54, 1.807) is 34.6 Å². The number of morpholine rings is 1. The lowest BCUT2D eigenvalue weighted by Gasteiger charge is -2.37. The Hall–Kier alpha value is -1.59. The van der Waals surface area contributed by atoms with Crippen LogP contribution in [0.3, 0.4) is 0 Å². The molecular formula is C23H35F4N3O3S. The number of sulfonamides is 1. The fourth-order valence-corrected chi connectivity index (χ4v) is 5.57. The molecule has 0 spiro atoms. The molecule has 2 N–H and O–H groups in total. The minimum Gasteiger partial charge on any atom is -0.380 e. The molecule has 0 aromatic heterocycles. The highest BCUT2D eigenvalue weighted by Gasteiger charge is 2.34. The fraction of sp³-hybridized carbons (Fsp3) is 0.739. The predicted molar refractivity (Wildman–Crippen MR) is 125 cm³/mol. The number of anilines is 2. The van der Waals surface area contributed by atoms with Crippen molar-refractivity contribution in [2.24, 2.45) is 5.92 Å². The van der Waals surface area contributed by atoms with Crippen LogP contribution in [0.4, 0.5) is 28.9 Å². The summed E-state index contributed by atoms with van der Waals surface area (Å²) in [5, 5.41) is 2.56. The standard InChI is InChI=1S/C23H35F4N3O3S/c1-13-11-30(12-14(2)33-13)22-19(26)17(24)21(18(25)20(22)27)28-10-15-6-8-16(9-7-15)29-34(31,32)23(3,4)5/h13-16,28-29H,6-12H2,1-5H3/t13-,14+,15-,16-.